The first-order chi connectivity index (χ1) is 18.3. The minimum atomic E-state index is -1.79. The summed E-state index contributed by atoms with van der Waals surface area (Å²) < 4.78 is 37.8. The van der Waals surface area contributed by atoms with Gasteiger partial charge in [0, 0.05) is 0 Å². The van der Waals surface area contributed by atoms with Crippen LogP contribution in [0.25, 0.3) is 0 Å². The third-order valence-electron chi connectivity index (χ3n) is 7.33. The fraction of sp³-hybridized carbons (Fsp3) is 1.00. The highest BCUT2D eigenvalue weighted by atomic mass is 16.8. The van der Waals surface area contributed by atoms with Gasteiger partial charge >= 0.3 is 0 Å². The third-order valence-corrected chi connectivity index (χ3v) is 7.33. The van der Waals surface area contributed by atoms with Crippen LogP contribution >= 0.6 is 0 Å². The second kappa shape index (κ2) is 12.7. The molecule has 4 aliphatic rings. The molecule has 4 saturated heterocycles. The van der Waals surface area contributed by atoms with Crippen molar-refractivity contribution >= 4 is 0 Å². The predicted molar refractivity (Wildman–Crippen MR) is 119 cm³/mol. The molecule has 18 atom stereocenters. The van der Waals surface area contributed by atoms with Crippen molar-refractivity contribution < 1.29 is 84.2 Å². The van der Waals surface area contributed by atoms with Crippen LogP contribution in [0.1, 0.15) is 13.8 Å². The van der Waals surface area contributed by atoms with Gasteiger partial charge in [-0.3, -0.25) is 0 Å². The van der Waals surface area contributed by atoms with E-state index in [1.54, 1.807) is 0 Å². The normalized spacial score (nSPS) is 55.4. The van der Waals surface area contributed by atoms with Crippen LogP contribution < -0.4 is 0 Å². The molecule has 0 aliphatic carbocycles. The molecule has 0 bridgehead atoms. The summed E-state index contributed by atoms with van der Waals surface area (Å²) in [6.45, 7) is 2.11. The van der Waals surface area contributed by atoms with Gasteiger partial charge in [-0.05, 0) is 13.8 Å². The first kappa shape index (κ1) is 31.3. The molecule has 0 amide bonds. The van der Waals surface area contributed by atoms with Crippen molar-refractivity contribution in [2.24, 2.45) is 0 Å². The summed E-state index contributed by atoms with van der Waals surface area (Å²) in [5.41, 5.74) is 0. The average Bonchev–Trinajstić information content (AvgIpc) is 2.90. The maximum atomic E-state index is 10.8. The van der Waals surface area contributed by atoms with Crippen LogP contribution in [0.5, 0.6) is 0 Å². The molecule has 17 heteroatoms. The van der Waals surface area contributed by atoms with Crippen LogP contribution in [0.2, 0.25) is 0 Å². The molecule has 17 nitrogen and oxygen atoms in total. The smallest absolute Gasteiger partial charge is 0.187 e. The van der Waals surface area contributed by atoms with Gasteiger partial charge < -0.3 is 84.2 Å². The van der Waals surface area contributed by atoms with E-state index in [0.29, 0.717) is 0 Å². The number of rotatable bonds is 6. The van der Waals surface area contributed by atoms with Crippen molar-refractivity contribution in [2.45, 2.75) is 124 Å². The molecule has 0 saturated carbocycles. The minimum absolute atomic E-state index is 0.346. The highest BCUT2D eigenvalue weighted by Gasteiger charge is 2.52. The van der Waals surface area contributed by atoms with Gasteiger partial charge in [0.1, 0.15) is 73.2 Å². The van der Waals surface area contributed by atoms with E-state index in [-0.39, 0.29) is 6.61 Å². The standard InChI is InChI=1S/C22H38O17/c1-5-9(25)11(27)13(29)21(35-5)38-17-8(24)4-34-20(15(17)31)37-16-6(2)36-22(14(30)12(16)28)39-18-10(26)7(23)3-33-19(18)32/h5-32H,3-4H2,1-2H3/t5-,6-,7+,8+,9-,10-,11+,12-,13+,14+,15+,16-,17-,18+,19+,20-,21-,22-/m0/s1. The van der Waals surface area contributed by atoms with Crippen molar-refractivity contribution in [3.63, 3.8) is 0 Å². The topological polar surface area (TPSA) is 267 Å². The zero-order chi connectivity index (χ0) is 28.8. The summed E-state index contributed by atoms with van der Waals surface area (Å²) in [4.78, 5) is 0. The van der Waals surface area contributed by atoms with Crippen LogP contribution in [0.4, 0.5) is 0 Å². The van der Waals surface area contributed by atoms with Crippen LogP contribution in [0.15, 0.2) is 0 Å². The third kappa shape index (κ3) is 6.40. The Balaban J connectivity index is 1.38. The SMILES string of the molecule is C[C@@H]1O[C@@H](O[C@@H]2[C@@H](O)[C@H](O[C@@H]3[C@@H](O)[C@@H](O)[C@H](O[C@@H]4[C@@H](O)[C@H](O)CO[C@H]4O)O[C@H]3C)OC[C@H]2O)[C@H](O)[C@H](O)[C@H]1O. The molecular weight excluding hydrogens is 536 g/mol. The maximum absolute atomic E-state index is 10.8. The van der Waals surface area contributed by atoms with E-state index >= 15 is 0 Å². The monoisotopic (exact) mass is 574 g/mol. The summed E-state index contributed by atoms with van der Waals surface area (Å²) in [6.07, 6.45) is -26.8. The first-order valence-electron chi connectivity index (χ1n) is 12.6. The summed E-state index contributed by atoms with van der Waals surface area (Å²) in [7, 11) is 0. The molecular formula is C22H38O17. The van der Waals surface area contributed by atoms with E-state index in [2.05, 4.69) is 0 Å². The van der Waals surface area contributed by atoms with Gasteiger partial charge in [-0.1, -0.05) is 0 Å². The molecule has 0 aromatic rings. The first-order valence-corrected chi connectivity index (χ1v) is 12.6. The number of hydrogen-bond donors (Lipinski definition) is 10. The number of hydrogen-bond acceptors (Lipinski definition) is 17. The quantitative estimate of drug-likeness (QED) is 0.141. The van der Waals surface area contributed by atoms with Gasteiger partial charge in [-0.25, -0.2) is 0 Å². The minimum Gasteiger partial charge on any atom is -0.388 e. The van der Waals surface area contributed by atoms with Crippen molar-refractivity contribution in [3.05, 3.63) is 0 Å². The lowest BCUT2D eigenvalue weighted by Gasteiger charge is -2.47. The van der Waals surface area contributed by atoms with Crippen molar-refractivity contribution in [3.8, 4) is 0 Å². The summed E-state index contributed by atoms with van der Waals surface area (Å²) >= 11 is 0. The van der Waals surface area contributed by atoms with Gasteiger partial charge in [0.05, 0.1) is 25.4 Å². The van der Waals surface area contributed by atoms with E-state index in [0.717, 1.165) is 0 Å². The molecule has 0 radical (unpaired) electrons. The number of aliphatic hydroxyl groups is 10. The van der Waals surface area contributed by atoms with Crippen molar-refractivity contribution in [2.75, 3.05) is 13.2 Å². The maximum Gasteiger partial charge on any atom is 0.187 e. The van der Waals surface area contributed by atoms with E-state index < -0.39 is 117 Å². The molecule has 4 heterocycles. The highest BCUT2D eigenvalue weighted by Crippen LogP contribution is 2.32. The Morgan fingerprint density at radius 2 is 1.00 bits per heavy atom. The Hall–Kier alpha value is -0.680. The van der Waals surface area contributed by atoms with Gasteiger partial charge in [0.2, 0.25) is 0 Å². The van der Waals surface area contributed by atoms with Gasteiger partial charge in [0.25, 0.3) is 0 Å². The lowest BCUT2D eigenvalue weighted by Crippen LogP contribution is -2.65. The lowest BCUT2D eigenvalue weighted by molar-refractivity contribution is -0.376. The molecule has 4 fully saturated rings. The van der Waals surface area contributed by atoms with Gasteiger partial charge in [-0.15, -0.1) is 0 Å². The van der Waals surface area contributed by atoms with Crippen LogP contribution in [0.3, 0.4) is 0 Å². The van der Waals surface area contributed by atoms with Crippen LogP contribution in [-0.4, -0.2) is 175 Å². The predicted octanol–water partition coefficient (Wildman–Crippen LogP) is -6.42. The van der Waals surface area contributed by atoms with Crippen molar-refractivity contribution in [1.29, 1.82) is 0 Å². The molecule has 228 valence electrons. The second-order valence-corrected chi connectivity index (χ2v) is 10.2. The molecule has 4 aliphatic heterocycles. The Morgan fingerprint density at radius 3 is 1.67 bits per heavy atom. The fourth-order valence-electron chi connectivity index (χ4n) is 4.88. The lowest BCUT2D eigenvalue weighted by atomic mass is 9.98. The largest absolute Gasteiger partial charge is 0.388 e. The zero-order valence-corrected chi connectivity index (χ0v) is 21.1. The molecule has 39 heavy (non-hydrogen) atoms. The van der Waals surface area contributed by atoms with E-state index in [1.165, 1.54) is 13.8 Å². The molecule has 0 aromatic heterocycles. The summed E-state index contributed by atoms with van der Waals surface area (Å²) in [5, 5.41) is 102. The van der Waals surface area contributed by atoms with E-state index in [9.17, 15) is 51.1 Å². The molecule has 0 spiro atoms. The van der Waals surface area contributed by atoms with E-state index in [1.807, 2.05) is 0 Å². The van der Waals surface area contributed by atoms with Crippen LogP contribution in [0, 0.1) is 0 Å². The highest BCUT2D eigenvalue weighted by molar-refractivity contribution is 4.94. The fourth-order valence-corrected chi connectivity index (χ4v) is 4.88. The molecule has 4 rings (SSSR count). The Morgan fingerprint density at radius 1 is 0.462 bits per heavy atom. The molecule has 10 N–H and O–H groups in total. The van der Waals surface area contributed by atoms with E-state index in [4.69, 9.17) is 33.2 Å². The van der Waals surface area contributed by atoms with Gasteiger partial charge in [0.15, 0.2) is 25.2 Å². The summed E-state index contributed by atoms with van der Waals surface area (Å²) in [6, 6.07) is 0. The van der Waals surface area contributed by atoms with Crippen molar-refractivity contribution in [1.82, 2.24) is 0 Å². The number of aliphatic hydroxyl groups excluding tert-OH is 10. The second-order valence-electron chi connectivity index (χ2n) is 10.2. The Bertz CT molecular complexity index is 792. The molecule has 0 aromatic carbocycles. The Labute approximate surface area is 222 Å². The average molecular weight is 575 g/mol. The summed E-state index contributed by atoms with van der Waals surface area (Å²) in [5.74, 6) is 0. The molecule has 0 unspecified atom stereocenters. The van der Waals surface area contributed by atoms with Gasteiger partial charge in [-0.2, -0.15) is 0 Å². The number of ether oxygens (including phenoxy) is 7. The van der Waals surface area contributed by atoms with Crippen LogP contribution in [-0.2, 0) is 33.2 Å². The zero-order valence-electron chi connectivity index (χ0n) is 21.1. The Kier molecular flexibility index (Phi) is 10.2.